The summed E-state index contributed by atoms with van der Waals surface area (Å²) in [5.74, 6) is -0.0989. The number of hydrogen-bond donors (Lipinski definition) is 0. The van der Waals surface area contributed by atoms with Crippen molar-refractivity contribution in [1.82, 2.24) is 9.88 Å². The number of carbonyl (C=O) groups is 2. The number of hydrogen-bond acceptors (Lipinski definition) is 4. The van der Waals surface area contributed by atoms with E-state index in [-0.39, 0.29) is 12.5 Å². The molecule has 0 spiro atoms. The molecule has 0 radical (unpaired) electrons. The predicted molar refractivity (Wildman–Crippen MR) is 96.5 cm³/mol. The van der Waals surface area contributed by atoms with E-state index in [4.69, 9.17) is 4.74 Å². The summed E-state index contributed by atoms with van der Waals surface area (Å²) in [4.78, 5) is 31.1. The van der Waals surface area contributed by atoms with Crippen molar-refractivity contribution in [3.05, 3.63) is 41.1 Å². The third kappa shape index (κ3) is 3.65. The minimum atomic E-state index is -0.480. The zero-order chi connectivity index (χ0) is 18.0. The van der Waals surface area contributed by atoms with E-state index in [1.54, 1.807) is 11.8 Å². The van der Waals surface area contributed by atoms with Crippen molar-refractivity contribution >= 4 is 22.8 Å². The molecule has 1 fully saturated rings. The van der Waals surface area contributed by atoms with Gasteiger partial charge in [0.15, 0.2) is 6.61 Å². The van der Waals surface area contributed by atoms with Gasteiger partial charge in [0.05, 0.1) is 16.8 Å². The second-order valence-electron chi connectivity index (χ2n) is 6.88. The Morgan fingerprint density at radius 2 is 2.04 bits per heavy atom. The number of nitrogens with zero attached hydrogens (tertiary/aromatic N) is 2. The van der Waals surface area contributed by atoms with E-state index in [1.165, 1.54) is 0 Å². The van der Waals surface area contributed by atoms with Gasteiger partial charge in [-0.25, -0.2) is 4.79 Å². The molecular weight excluding hydrogens is 316 g/mol. The van der Waals surface area contributed by atoms with Gasteiger partial charge in [0, 0.05) is 18.5 Å². The number of benzene rings is 1. The van der Waals surface area contributed by atoms with Gasteiger partial charge in [-0.2, -0.15) is 0 Å². The predicted octanol–water partition coefficient (Wildman–Crippen LogP) is 3.27. The molecule has 132 valence electrons. The van der Waals surface area contributed by atoms with E-state index in [1.807, 2.05) is 31.2 Å². The van der Waals surface area contributed by atoms with Crippen LogP contribution in [-0.2, 0) is 9.53 Å². The molecule has 1 saturated heterocycles. The Bertz CT molecular complexity index is 816. The number of esters is 1. The maximum atomic E-state index is 12.5. The van der Waals surface area contributed by atoms with Crippen LogP contribution in [0, 0.1) is 19.8 Å². The maximum absolute atomic E-state index is 12.5. The van der Waals surface area contributed by atoms with Crippen LogP contribution in [0.25, 0.3) is 10.9 Å². The van der Waals surface area contributed by atoms with Crippen molar-refractivity contribution in [1.29, 1.82) is 0 Å². The Morgan fingerprint density at radius 1 is 1.28 bits per heavy atom. The summed E-state index contributed by atoms with van der Waals surface area (Å²) in [6, 6.07) is 7.70. The SMILES string of the molecule is Cc1nc2ccccc2c(C)c1C(=O)OCC(=O)N1CCC[C@@H](C)C1. The molecule has 5 heteroatoms. The molecule has 0 bridgehead atoms. The van der Waals surface area contributed by atoms with Crippen LogP contribution in [0.4, 0.5) is 0 Å². The van der Waals surface area contributed by atoms with Gasteiger partial charge in [0.25, 0.3) is 5.91 Å². The summed E-state index contributed by atoms with van der Waals surface area (Å²) in [5.41, 5.74) is 2.78. The van der Waals surface area contributed by atoms with Crippen molar-refractivity contribution in [2.75, 3.05) is 19.7 Å². The van der Waals surface area contributed by atoms with Crippen LogP contribution in [0.3, 0.4) is 0 Å². The highest BCUT2D eigenvalue weighted by Gasteiger charge is 2.23. The molecule has 5 nitrogen and oxygen atoms in total. The minimum Gasteiger partial charge on any atom is -0.452 e. The number of amides is 1. The molecule has 1 amide bonds. The van der Waals surface area contributed by atoms with Crippen LogP contribution < -0.4 is 0 Å². The Labute approximate surface area is 148 Å². The van der Waals surface area contributed by atoms with Crippen LogP contribution in [0.2, 0.25) is 0 Å². The van der Waals surface area contributed by atoms with Gasteiger partial charge < -0.3 is 9.64 Å². The number of fused-ring (bicyclic) bond motifs is 1. The van der Waals surface area contributed by atoms with E-state index >= 15 is 0 Å². The zero-order valence-corrected chi connectivity index (χ0v) is 15.0. The third-order valence-electron chi connectivity index (χ3n) is 4.87. The van der Waals surface area contributed by atoms with E-state index in [2.05, 4.69) is 11.9 Å². The minimum absolute atomic E-state index is 0.121. The lowest BCUT2D eigenvalue weighted by Gasteiger charge is -2.30. The molecule has 1 atom stereocenters. The smallest absolute Gasteiger partial charge is 0.340 e. The van der Waals surface area contributed by atoms with Crippen molar-refractivity contribution in [2.24, 2.45) is 5.92 Å². The quantitative estimate of drug-likeness (QED) is 0.805. The van der Waals surface area contributed by atoms with Crippen LogP contribution in [0.15, 0.2) is 24.3 Å². The summed E-state index contributed by atoms with van der Waals surface area (Å²) < 4.78 is 5.32. The zero-order valence-electron chi connectivity index (χ0n) is 15.0. The molecule has 2 aromatic rings. The van der Waals surface area contributed by atoms with Crippen LogP contribution in [0.1, 0.15) is 41.4 Å². The molecule has 0 aliphatic carbocycles. The standard InChI is InChI=1S/C20H24N2O3/c1-13-7-6-10-22(11-13)18(23)12-25-20(24)19-14(2)16-8-4-5-9-17(16)21-15(19)3/h4-5,8-9,13H,6-7,10-12H2,1-3H3/t13-/m1/s1. The van der Waals surface area contributed by atoms with Crippen molar-refractivity contribution in [2.45, 2.75) is 33.6 Å². The average Bonchev–Trinajstić information content (AvgIpc) is 2.59. The highest BCUT2D eigenvalue weighted by Crippen LogP contribution is 2.23. The van der Waals surface area contributed by atoms with Gasteiger partial charge in [-0.05, 0) is 44.2 Å². The second kappa shape index (κ2) is 7.21. The van der Waals surface area contributed by atoms with Gasteiger partial charge in [0.1, 0.15) is 0 Å². The molecule has 3 rings (SSSR count). The number of pyridine rings is 1. The largest absolute Gasteiger partial charge is 0.452 e. The van der Waals surface area contributed by atoms with Gasteiger partial charge in [-0.15, -0.1) is 0 Å². The number of piperidine rings is 1. The first-order chi connectivity index (χ1) is 12.0. The molecule has 0 saturated carbocycles. The first-order valence-corrected chi connectivity index (χ1v) is 8.78. The molecule has 1 aromatic heterocycles. The number of likely N-dealkylation sites (tertiary alicyclic amines) is 1. The van der Waals surface area contributed by atoms with Gasteiger partial charge >= 0.3 is 5.97 Å². The summed E-state index contributed by atoms with van der Waals surface area (Å²) >= 11 is 0. The monoisotopic (exact) mass is 340 g/mol. The molecule has 1 aliphatic heterocycles. The van der Waals surface area contributed by atoms with Crippen molar-refractivity contribution in [3.8, 4) is 0 Å². The van der Waals surface area contributed by atoms with Crippen molar-refractivity contribution in [3.63, 3.8) is 0 Å². The Balaban J connectivity index is 1.73. The van der Waals surface area contributed by atoms with E-state index in [0.29, 0.717) is 17.2 Å². The van der Waals surface area contributed by atoms with Crippen LogP contribution >= 0.6 is 0 Å². The number of ether oxygens (including phenoxy) is 1. The van der Waals surface area contributed by atoms with Crippen molar-refractivity contribution < 1.29 is 14.3 Å². The average molecular weight is 340 g/mol. The number of para-hydroxylation sites is 1. The molecule has 1 aromatic carbocycles. The highest BCUT2D eigenvalue weighted by molar-refractivity contribution is 5.99. The normalized spacial score (nSPS) is 17.6. The fraction of sp³-hybridized carbons (Fsp3) is 0.450. The topological polar surface area (TPSA) is 59.5 Å². The first kappa shape index (κ1) is 17.4. The number of aromatic nitrogens is 1. The summed E-state index contributed by atoms with van der Waals surface area (Å²) in [5, 5.41) is 0.927. The summed E-state index contributed by atoms with van der Waals surface area (Å²) in [6.45, 7) is 7.10. The Kier molecular flexibility index (Phi) is 5.02. The lowest BCUT2D eigenvalue weighted by Crippen LogP contribution is -2.41. The van der Waals surface area contributed by atoms with E-state index in [0.717, 1.165) is 42.4 Å². The van der Waals surface area contributed by atoms with E-state index in [9.17, 15) is 9.59 Å². The van der Waals surface area contributed by atoms with E-state index < -0.39 is 5.97 Å². The van der Waals surface area contributed by atoms with Gasteiger partial charge in [-0.1, -0.05) is 25.1 Å². The number of rotatable bonds is 3. The molecule has 0 N–H and O–H groups in total. The van der Waals surface area contributed by atoms with Gasteiger partial charge in [0.2, 0.25) is 0 Å². The maximum Gasteiger partial charge on any atom is 0.340 e. The summed E-state index contributed by atoms with van der Waals surface area (Å²) in [7, 11) is 0. The molecule has 2 heterocycles. The second-order valence-corrected chi connectivity index (χ2v) is 6.88. The third-order valence-corrected chi connectivity index (χ3v) is 4.87. The van der Waals surface area contributed by atoms with Crippen LogP contribution in [-0.4, -0.2) is 41.5 Å². The molecule has 1 aliphatic rings. The van der Waals surface area contributed by atoms with Gasteiger partial charge in [-0.3, -0.25) is 9.78 Å². The fourth-order valence-electron chi connectivity index (χ4n) is 3.54. The first-order valence-electron chi connectivity index (χ1n) is 8.78. The lowest BCUT2D eigenvalue weighted by molar-refractivity contribution is -0.136. The fourth-order valence-corrected chi connectivity index (χ4v) is 3.54. The lowest BCUT2D eigenvalue weighted by atomic mass is 10.0. The summed E-state index contributed by atoms with van der Waals surface area (Å²) in [6.07, 6.45) is 2.15. The number of carbonyl (C=O) groups excluding carboxylic acids is 2. The molecule has 0 unspecified atom stereocenters. The Hall–Kier alpha value is -2.43. The number of aryl methyl sites for hydroxylation is 2. The molecule has 25 heavy (non-hydrogen) atoms. The molecular formula is C20H24N2O3. The Morgan fingerprint density at radius 3 is 2.80 bits per heavy atom. The highest BCUT2D eigenvalue weighted by atomic mass is 16.5. The van der Waals surface area contributed by atoms with Crippen LogP contribution in [0.5, 0.6) is 0 Å².